The highest BCUT2D eigenvalue weighted by atomic mass is 31.2. The van der Waals surface area contributed by atoms with Crippen molar-refractivity contribution in [1.82, 2.24) is 0 Å². The third-order valence-corrected chi connectivity index (χ3v) is 17.1. The quantitative estimate of drug-likeness (QED) is 0.0169. The number of phosphoric acid groups is 2. The summed E-state index contributed by atoms with van der Waals surface area (Å²) in [6, 6.07) is 0. The molecule has 0 rings (SSSR count). The van der Waals surface area contributed by atoms with Gasteiger partial charge in [-0.2, -0.15) is 0 Å². The molecule has 0 saturated heterocycles. The number of hydrogen-bond acceptors (Lipinski definition) is 15. The average molecular weight is 1280 g/mol. The highest BCUT2D eigenvalue weighted by Crippen LogP contribution is 2.45. The largest absolute Gasteiger partial charge is 0.472 e. The number of aliphatic hydroxyl groups is 1. The predicted molar refractivity (Wildman–Crippen MR) is 349 cm³/mol. The van der Waals surface area contributed by atoms with Crippen molar-refractivity contribution >= 4 is 39.5 Å². The van der Waals surface area contributed by atoms with Gasteiger partial charge in [0, 0.05) is 25.7 Å². The minimum Gasteiger partial charge on any atom is -0.462 e. The fourth-order valence-corrected chi connectivity index (χ4v) is 11.4. The van der Waals surface area contributed by atoms with Crippen molar-refractivity contribution in [3.63, 3.8) is 0 Å². The van der Waals surface area contributed by atoms with Gasteiger partial charge >= 0.3 is 39.5 Å². The summed E-state index contributed by atoms with van der Waals surface area (Å²) in [6.45, 7) is 4.84. The first kappa shape index (κ1) is 84.5. The maximum Gasteiger partial charge on any atom is 0.472 e. The molecule has 17 nitrogen and oxygen atoms in total. The summed E-state index contributed by atoms with van der Waals surface area (Å²) in [6.07, 6.45) is 52.0. The summed E-state index contributed by atoms with van der Waals surface area (Å²) in [5, 5.41) is 10.6. The van der Waals surface area contributed by atoms with E-state index in [0.717, 1.165) is 103 Å². The van der Waals surface area contributed by atoms with Crippen molar-refractivity contribution in [1.29, 1.82) is 0 Å². The molecule has 19 heteroatoms. The predicted octanol–water partition coefficient (Wildman–Crippen LogP) is 19.1. The Bertz CT molecular complexity index is 1760. The van der Waals surface area contributed by atoms with Crippen LogP contribution in [-0.2, 0) is 65.4 Å². The standard InChI is InChI=1S/C68H128O17P2/c1-5-9-13-17-21-25-28-30-31-32-35-39-43-47-51-55-68(73)85-64(59-79-66(71)53-49-45-41-37-34-29-26-22-18-14-10-6-2)61-83-87(76,77)81-57-62(69)56-80-86(74,75)82-60-63(58-78-65(70)52-48-44-40-36-24-20-16-12-8-4)84-67(72)54-50-46-42-38-33-27-23-19-15-11-7-3/h25,28,30-31,62-64,69H,5-24,26-27,29,32-61H2,1-4H3,(H,74,75)(H,76,77)/b28-25-,31-30-/t62-,63+,64+/m0/s1. The molecule has 0 aromatic carbocycles. The number of carbonyl (C=O) groups is 4. The Balaban J connectivity index is 5.27. The first-order chi connectivity index (χ1) is 42.2. The Hall–Kier alpha value is -2.46. The van der Waals surface area contributed by atoms with Gasteiger partial charge in [-0.1, -0.05) is 277 Å². The van der Waals surface area contributed by atoms with E-state index in [1.807, 2.05) is 0 Å². The smallest absolute Gasteiger partial charge is 0.462 e. The van der Waals surface area contributed by atoms with Gasteiger partial charge in [0.15, 0.2) is 12.2 Å². The lowest BCUT2D eigenvalue weighted by Gasteiger charge is -2.21. The molecular weight excluding hydrogens is 1150 g/mol. The van der Waals surface area contributed by atoms with Gasteiger partial charge in [-0.05, 0) is 51.4 Å². The molecule has 3 N–H and O–H groups in total. The van der Waals surface area contributed by atoms with E-state index in [2.05, 4.69) is 52.0 Å². The lowest BCUT2D eigenvalue weighted by Crippen LogP contribution is -2.30. The molecule has 0 aromatic rings. The third-order valence-electron chi connectivity index (χ3n) is 15.2. The van der Waals surface area contributed by atoms with Crippen molar-refractivity contribution in [2.45, 2.75) is 348 Å². The SMILES string of the molecule is CCCCCC/C=C\C=C/CCCCCCCC(=O)O[C@H](COC(=O)CCCCCCCCCCCCCC)COP(=O)(O)OC[C@@H](O)COP(=O)(O)OC[C@@H](COC(=O)CCCCCCCCCCC)OC(=O)CCCCCCCCCCCCC. The van der Waals surface area contributed by atoms with E-state index in [9.17, 15) is 43.2 Å². The van der Waals surface area contributed by atoms with Crippen molar-refractivity contribution < 1.29 is 80.2 Å². The minimum atomic E-state index is -4.96. The highest BCUT2D eigenvalue weighted by Gasteiger charge is 2.30. The van der Waals surface area contributed by atoms with Crippen LogP contribution in [0.15, 0.2) is 24.3 Å². The maximum atomic E-state index is 13.0. The molecule has 0 saturated carbocycles. The summed E-state index contributed by atoms with van der Waals surface area (Å²) < 4.78 is 68.1. The topological polar surface area (TPSA) is 237 Å². The van der Waals surface area contributed by atoms with E-state index in [1.54, 1.807) is 0 Å². The van der Waals surface area contributed by atoms with Crippen LogP contribution < -0.4 is 0 Å². The Labute approximate surface area is 529 Å². The fraction of sp³-hybridized carbons (Fsp3) is 0.882. The van der Waals surface area contributed by atoms with Crippen molar-refractivity contribution in [3.8, 4) is 0 Å². The maximum absolute atomic E-state index is 13.0. The Kier molecular flexibility index (Phi) is 60.6. The molecule has 0 aliphatic carbocycles. The van der Waals surface area contributed by atoms with E-state index < -0.39 is 97.5 Å². The van der Waals surface area contributed by atoms with Gasteiger partial charge in [0.2, 0.25) is 0 Å². The lowest BCUT2D eigenvalue weighted by molar-refractivity contribution is -0.161. The molecule has 0 aliphatic rings. The van der Waals surface area contributed by atoms with Crippen LogP contribution in [0.2, 0.25) is 0 Å². The Morgan fingerprint density at radius 3 is 0.839 bits per heavy atom. The molecule has 0 spiro atoms. The van der Waals surface area contributed by atoms with Crippen LogP contribution in [0.25, 0.3) is 0 Å². The third kappa shape index (κ3) is 62.1. The number of esters is 4. The van der Waals surface area contributed by atoms with E-state index in [0.29, 0.717) is 25.7 Å². The molecule has 5 atom stereocenters. The summed E-state index contributed by atoms with van der Waals surface area (Å²) >= 11 is 0. The summed E-state index contributed by atoms with van der Waals surface area (Å²) in [5.41, 5.74) is 0. The molecule has 0 radical (unpaired) electrons. The number of ether oxygens (including phenoxy) is 4. The first-order valence-corrected chi connectivity index (χ1v) is 38.1. The zero-order chi connectivity index (χ0) is 64.0. The van der Waals surface area contributed by atoms with Crippen LogP contribution in [0.4, 0.5) is 0 Å². The van der Waals surface area contributed by atoms with E-state index >= 15 is 0 Å². The molecule has 0 aliphatic heterocycles. The fourth-order valence-electron chi connectivity index (χ4n) is 9.80. The van der Waals surface area contributed by atoms with Crippen LogP contribution in [0.3, 0.4) is 0 Å². The second kappa shape index (κ2) is 62.4. The van der Waals surface area contributed by atoms with E-state index in [-0.39, 0.29) is 25.7 Å². The van der Waals surface area contributed by atoms with Gasteiger partial charge in [-0.15, -0.1) is 0 Å². The van der Waals surface area contributed by atoms with Crippen LogP contribution >= 0.6 is 15.6 Å². The Morgan fingerprint density at radius 1 is 0.322 bits per heavy atom. The zero-order valence-electron chi connectivity index (χ0n) is 55.5. The molecule has 0 aromatic heterocycles. The van der Waals surface area contributed by atoms with Crippen LogP contribution in [0.5, 0.6) is 0 Å². The van der Waals surface area contributed by atoms with Crippen molar-refractivity contribution in [2.24, 2.45) is 0 Å². The lowest BCUT2D eigenvalue weighted by atomic mass is 10.0. The molecule has 0 amide bonds. The first-order valence-electron chi connectivity index (χ1n) is 35.1. The monoisotopic (exact) mass is 1280 g/mol. The van der Waals surface area contributed by atoms with Crippen LogP contribution in [0.1, 0.15) is 329 Å². The van der Waals surface area contributed by atoms with Crippen LogP contribution in [-0.4, -0.2) is 96.7 Å². The highest BCUT2D eigenvalue weighted by molar-refractivity contribution is 7.47. The number of aliphatic hydroxyl groups excluding tert-OH is 1. The summed E-state index contributed by atoms with van der Waals surface area (Å²) in [7, 11) is -9.90. The van der Waals surface area contributed by atoms with Gasteiger partial charge in [0.25, 0.3) is 0 Å². The number of allylic oxidation sites excluding steroid dienone is 4. The van der Waals surface area contributed by atoms with Crippen LogP contribution in [0, 0.1) is 0 Å². The summed E-state index contributed by atoms with van der Waals surface area (Å²) in [5.74, 6) is -2.16. The van der Waals surface area contributed by atoms with Crippen molar-refractivity contribution in [2.75, 3.05) is 39.6 Å². The number of unbranched alkanes of at least 4 members (excludes halogenated alkanes) is 38. The van der Waals surface area contributed by atoms with Crippen molar-refractivity contribution in [3.05, 3.63) is 24.3 Å². The molecule has 512 valence electrons. The summed E-state index contributed by atoms with van der Waals surface area (Å²) in [4.78, 5) is 72.3. The van der Waals surface area contributed by atoms with Gasteiger partial charge in [0.1, 0.15) is 19.3 Å². The number of hydrogen-bond donors (Lipinski definition) is 3. The van der Waals surface area contributed by atoms with Gasteiger partial charge in [0.05, 0.1) is 26.4 Å². The minimum absolute atomic E-state index is 0.0857. The second-order valence-corrected chi connectivity index (χ2v) is 26.8. The molecule has 2 unspecified atom stereocenters. The Morgan fingerprint density at radius 2 is 0.552 bits per heavy atom. The normalized spacial score (nSPS) is 14.2. The number of phosphoric ester groups is 2. The van der Waals surface area contributed by atoms with E-state index in [4.69, 9.17) is 37.0 Å². The molecule has 0 heterocycles. The average Bonchev–Trinajstić information content (AvgIpc) is 3.58. The molecule has 87 heavy (non-hydrogen) atoms. The second-order valence-electron chi connectivity index (χ2n) is 23.9. The van der Waals surface area contributed by atoms with Gasteiger partial charge in [-0.3, -0.25) is 37.3 Å². The molecule has 0 bridgehead atoms. The zero-order valence-corrected chi connectivity index (χ0v) is 57.3. The molecule has 0 fully saturated rings. The number of carbonyl (C=O) groups excluding carboxylic acids is 4. The number of rotatable bonds is 67. The van der Waals surface area contributed by atoms with Gasteiger partial charge < -0.3 is 33.8 Å². The van der Waals surface area contributed by atoms with Gasteiger partial charge in [-0.25, -0.2) is 9.13 Å². The van der Waals surface area contributed by atoms with E-state index in [1.165, 1.54) is 148 Å². The molecular formula is C68H128O17P2.